The molecule has 1 unspecified atom stereocenters. The van der Waals surface area contributed by atoms with E-state index in [9.17, 15) is 8.42 Å². The van der Waals surface area contributed by atoms with Crippen LogP contribution in [0.15, 0.2) is 27.6 Å². The van der Waals surface area contributed by atoms with Gasteiger partial charge in [-0.15, -0.1) is 0 Å². The number of rotatable bonds is 4. The molecule has 1 aromatic rings. The molecule has 1 aliphatic heterocycles. The Balaban J connectivity index is 2.07. The topological polar surface area (TPSA) is 58.2 Å². The Bertz CT molecular complexity index is 530. The molecule has 1 saturated heterocycles. The minimum Gasteiger partial charge on any atom is -0.313 e. The van der Waals surface area contributed by atoms with Crippen LogP contribution in [0.5, 0.6) is 0 Å². The van der Waals surface area contributed by atoms with Crippen molar-refractivity contribution in [3.63, 3.8) is 0 Å². The first-order chi connectivity index (χ1) is 8.49. The van der Waals surface area contributed by atoms with Crippen molar-refractivity contribution in [1.29, 1.82) is 0 Å². The van der Waals surface area contributed by atoms with Crippen molar-refractivity contribution in [2.75, 3.05) is 13.1 Å². The van der Waals surface area contributed by atoms with Crippen LogP contribution in [0.1, 0.15) is 12.8 Å². The summed E-state index contributed by atoms with van der Waals surface area (Å²) >= 11 is 9.13. The maximum Gasteiger partial charge on any atom is 0.240 e. The van der Waals surface area contributed by atoms with E-state index in [2.05, 4.69) is 26.0 Å². The second-order valence-electron chi connectivity index (χ2n) is 4.22. The van der Waals surface area contributed by atoms with E-state index in [1.54, 1.807) is 6.07 Å². The number of halogens is 2. The molecule has 0 amide bonds. The molecule has 0 aliphatic carbocycles. The third-order valence-corrected chi connectivity index (χ3v) is 5.54. The first-order valence-corrected chi connectivity index (χ1v) is 8.32. The molecule has 4 nitrogen and oxygen atoms in total. The molecular formula is C11H14BrClN2O2S. The van der Waals surface area contributed by atoms with Crippen molar-refractivity contribution >= 4 is 37.6 Å². The van der Waals surface area contributed by atoms with E-state index in [1.807, 2.05) is 0 Å². The van der Waals surface area contributed by atoms with Crippen molar-refractivity contribution in [3.8, 4) is 0 Å². The lowest BCUT2D eigenvalue weighted by molar-refractivity contribution is 0.552. The van der Waals surface area contributed by atoms with Gasteiger partial charge in [0.1, 0.15) is 0 Å². The quantitative estimate of drug-likeness (QED) is 0.872. The van der Waals surface area contributed by atoms with Gasteiger partial charge in [-0.05, 0) is 53.5 Å². The number of benzene rings is 1. The average Bonchev–Trinajstić information content (AvgIpc) is 2.83. The van der Waals surface area contributed by atoms with Crippen LogP contribution < -0.4 is 10.0 Å². The second-order valence-corrected chi connectivity index (χ2v) is 7.25. The Morgan fingerprint density at radius 2 is 2.28 bits per heavy atom. The summed E-state index contributed by atoms with van der Waals surface area (Å²) in [5.74, 6) is 0. The zero-order chi connectivity index (χ0) is 13.2. The molecule has 2 N–H and O–H groups in total. The largest absolute Gasteiger partial charge is 0.313 e. The summed E-state index contributed by atoms with van der Waals surface area (Å²) in [6, 6.07) is 4.83. The third kappa shape index (κ3) is 3.45. The predicted octanol–water partition coefficient (Wildman–Crippen LogP) is 2.13. The summed E-state index contributed by atoms with van der Waals surface area (Å²) in [5, 5.41) is 3.63. The molecular weight excluding hydrogens is 340 g/mol. The van der Waals surface area contributed by atoms with Crippen molar-refractivity contribution in [3.05, 3.63) is 27.7 Å². The Morgan fingerprint density at radius 3 is 2.89 bits per heavy atom. The molecule has 7 heteroatoms. The van der Waals surface area contributed by atoms with E-state index in [0.717, 1.165) is 19.4 Å². The van der Waals surface area contributed by atoms with Gasteiger partial charge in [0.2, 0.25) is 10.0 Å². The lowest BCUT2D eigenvalue weighted by Crippen LogP contribution is -2.37. The van der Waals surface area contributed by atoms with Crippen molar-refractivity contribution < 1.29 is 8.42 Å². The molecule has 1 aliphatic rings. The van der Waals surface area contributed by atoms with Crippen molar-refractivity contribution in [2.24, 2.45) is 0 Å². The summed E-state index contributed by atoms with van der Waals surface area (Å²) < 4.78 is 27.4. The summed E-state index contributed by atoms with van der Waals surface area (Å²) in [6.45, 7) is 1.37. The minimum atomic E-state index is -3.48. The predicted molar refractivity (Wildman–Crippen MR) is 75.4 cm³/mol. The smallest absolute Gasteiger partial charge is 0.240 e. The van der Waals surface area contributed by atoms with E-state index in [4.69, 9.17) is 11.6 Å². The van der Waals surface area contributed by atoms with Gasteiger partial charge in [-0.1, -0.05) is 11.6 Å². The molecule has 100 valence electrons. The Hall–Kier alpha value is -0.140. The molecule has 0 bridgehead atoms. The van der Waals surface area contributed by atoms with Gasteiger partial charge in [0.05, 0.1) is 9.92 Å². The number of hydrogen-bond acceptors (Lipinski definition) is 3. The molecule has 2 rings (SSSR count). The van der Waals surface area contributed by atoms with Crippen molar-refractivity contribution in [1.82, 2.24) is 10.0 Å². The Kier molecular flexibility index (Phi) is 4.66. The first-order valence-electron chi connectivity index (χ1n) is 5.67. The number of sulfonamides is 1. The maximum absolute atomic E-state index is 12.0. The molecule has 0 saturated carbocycles. The van der Waals surface area contributed by atoms with Gasteiger partial charge < -0.3 is 5.32 Å². The normalized spacial score (nSPS) is 20.2. The number of nitrogens with one attached hydrogen (secondary N) is 2. The van der Waals surface area contributed by atoms with Crippen LogP contribution in [0.2, 0.25) is 5.02 Å². The molecule has 18 heavy (non-hydrogen) atoms. The van der Waals surface area contributed by atoms with Crippen LogP contribution in [0.3, 0.4) is 0 Å². The highest BCUT2D eigenvalue weighted by Crippen LogP contribution is 2.25. The molecule has 1 fully saturated rings. The van der Waals surface area contributed by atoms with Gasteiger partial charge in [0.15, 0.2) is 0 Å². The van der Waals surface area contributed by atoms with Gasteiger partial charge in [-0.2, -0.15) is 0 Å². The third-order valence-electron chi connectivity index (χ3n) is 2.88. The van der Waals surface area contributed by atoms with Crippen LogP contribution in [0, 0.1) is 0 Å². The van der Waals surface area contributed by atoms with Crippen LogP contribution in [-0.4, -0.2) is 27.5 Å². The maximum atomic E-state index is 12.0. The highest BCUT2D eigenvalue weighted by atomic mass is 79.9. The van der Waals surface area contributed by atoms with E-state index >= 15 is 0 Å². The molecule has 1 atom stereocenters. The van der Waals surface area contributed by atoms with E-state index in [0.29, 0.717) is 16.0 Å². The fourth-order valence-electron chi connectivity index (χ4n) is 1.87. The van der Waals surface area contributed by atoms with Crippen LogP contribution in [0.25, 0.3) is 0 Å². The average molecular weight is 354 g/mol. The lowest BCUT2D eigenvalue weighted by Gasteiger charge is -2.12. The van der Waals surface area contributed by atoms with Gasteiger partial charge >= 0.3 is 0 Å². The lowest BCUT2D eigenvalue weighted by atomic mass is 10.2. The Labute approximate surface area is 120 Å². The van der Waals surface area contributed by atoms with Gasteiger partial charge in [-0.3, -0.25) is 0 Å². The molecule has 1 heterocycles. The monoisotopic (exact) mass is 352 g/mol. The highest BCUT2D eigenvalue weighted by molar-refractivity contribution is 9.10. The zero-order valence-electron chi connectivity index (χ0n) is 9.62. The van der Waals surface area contributed by atoms with E-state index in [-0.39, 0.29) is 10.9 Å². The van der Waals surface area contributed by atoms with Crippen LogP contribution in [0.4, 0.5) is 0 Å². The summed E-state index contributed by atoms with van der Waals surface area (Å²) in [6.07, 6.45) is 2.10. The molecule has 0 aromatic heterocycles. The molecule has 0 radical (unpaired) electrons. The highest BCUT2D eigenvalue weighted by Gasteiger charge is 2.19. The fourth-order valence-corrected chi connectivity index (χ4v) is 3.47. The van der Waals surface area contributed by atoms with Gasteiger partial charge in [0, 0.05) is 17.1 Å². The molecule has 0 spiro atoms. The summed E-state index contributed by atoms with van der Waals surface area (Å²) in [5.41, 5.74) is 0. The van der Waals surface area contributed by atoms with Crippen LogP contribution >= 0.6 is 27.5 Å². The van der Waals surface area contributed by atoms with Crippen molar-refractivity contribution in [2.45, 2.75) is 23.8 Å². The zero-order valence-corrected chi connectivity index (χ0v) is 12.8. The van der Waals surface area contributed by atoms with Crippen LogP contribution in [-0.2, 0) is 10.0 Å². The number of hydrogen-bond donors (Lipinski definition) is 2. The van der Waals surface area contributed by atoms with E-state index < -0.39 is 10.0 Å². The SMILES string of the molecule is O=S(=O)(NCC1CCCN1)c1ccc(Br)c(Cl)c1. The summed E-state index contributed by atoms with van der Waals surface area (Å²) in [7, 11) is -3.48. The summed E-state index contributed by atoms with van der Waals surface area (Å²) in [4.78, 5) is 0.189. The molecule has 1 aromatic carbocycles. The standard InChI is InChI=1S/C11H14BrClN2O2S/c12-10-4-3-9(6-11(10)13)18(16,17)15-7-8-2-1-5-14-8/h3-4,6,8,14-15H,1-2,5,7H2. The Morgan fingerprint density at radius 1 is 1.50 bits per heavy atom. The van der Waals surface area contributed by atoms with E-state index in [1.165, 1.54) is 12.1 Å². The second kappa shape index (κ2) is 5.88. The van der Waals surface area contributed by atoms with Gasteiger partial charge in [0.25, 0.3) is 0 Å². The fraction of sp³-hybridized carbons (Fsp3) is 0.455. The minimum absolute atomic E-state index is 0.189. The first kappa shape index (κ1) is 14.3. The van der Waals surface area contributed by atoms with Gasteiger partial charge in [-0.25, -0.2) is 13.1 Å².